The van der Waals surface area contributed by atoms with Crippen LogP contribution in [0.4, 0.5) is 5.82 Å². The maximum absolute atomic E-state index is 11.7. The summed E-state index contributed by atoms with van der Waals surface area (Å²) < 4.78 is 6.20. The van der Waals surface area contributed by atoms with Gasteiger partial charge in [0.15, 0.2) is 0 Å². The lowest BCUT2D eigenvalue weighted by molar-refractivity contribution is -0.0459. The van der Waals surface area contributed by atoms with Gasteiger partial charge >= 0.3 is 11.7 Å². The van der Waals surface area contributed by atoms with Gasteiger partial charge < -0.3 is 25.8 Å². The summed E-state index contributed by atoms with van der Waals surface area (Å²) in [4.78, 5) is 26.0. The minimum absolute atomic E-state index is 0.0514. The quantitative estimate of drug-likeness (QED) is 0.502. The number of aromatic nitrogens is 2. The van der Waals surface area contributed by atoms with E-state index in [-0.39, 0.29) is 17.8 Å². The number of nitrogens with zero attached hydrogens (tertiary/aromatic N) is 2. The van der Waals surface area contributed by atoms with Crippen molar-refractivity contribution in [2.45, 2.75) is 24.9 Å². The average molecular weight is 274 g/mol. The van der Waals surface area contributed by atoms with E-state index in [1.807, 2.05) is 0 Å². The maximum Gasteiger partial charge on any atom is 0.351 e. The lowest BCUT2D eigenvalue weighted by atomic mass is 10.2. The number of aliphatic hydroxyl groups is 2. The van der Waals surface area contributed by atoms with Crippen LogP contribution >= 0.6 is 0 Å². The molecule has 1 aromatic heterocycles. The van der Waals surface area contributed by atoms with E-state index < -0.39 is 36.7 Å². The Hall–Kier alpha value is -1.97. The van der Waals surface area contributed by atoms with Crippen LogP contribution in [0.15, 0.2) is 11.0 Å². The maximum atomic E-state index is 11.7. The van der Waals surface area contributed by atoms with Crippen molar-refractivity contribution in [3.05, 3.63) is 22.2 Å². The zero-order chi connectivity index (χ0) is 14.2. The molecule has 1 aliphatic rings. The number of hydrogen-bond acceptors (Lipinski definition) is 7. The zero-order valence-electron chi connectivity index (χ0n) is 9.76. The Morgan fingerprint density at radius 1 is 1.63 bits per heavy atom. The van der Waals surface area contributed by atoms with E-state index >= 15 is 0 Å². The number of carboxylic acid groups (broad SMARTS) is 1. The van der Waals surface area contributed by atoms with E-state index in [0.29, 0.717) is 0 Å². The van der Waals surface area contributed by atoms with E-state index in [4.69, 9.17) is 20.7 Å². The van der Waals surface area contributed by atoms with Crippen molar-refractivity contribution in [1.29, 1.82) is 0 Å². The van der Waals surface area contributed by atoms with Gasteiger partial charge in [0, 0.05) is 12.6 Å². The van der Waals surface area contributed by atoms with Gasteiger partial charge in [-0.15, -0.1) is 0 Å². The van der Waals surface area contributed by atoms with E-state index in [9.17, 15) is 14.7 Å². The molecular weight excluding hydrogens is 261 g/mol. The first-order valence-corrected chi connectivity index (χ1v) is 5.50. The summed E-state index contributed by atoms with van der Waals surface area (Å²) in [7, 11) is 0. The summed E-state index contributed by atoms with van der Waals surface area (Å²) >= 11 is 0. The molecule has 5 N–H and O–H groups in total. The molecular formula is C10H13N3O6. The molecule has 1 saturated heterocycles. The number of nitrogen functional groups attached to an aromatic ring is 1. The fourth-order valence-corrected chi connectivity index (χ4v) is 1.90. The van der Waals surface area contributed by atoms with Crippen molar-refractivity contribution >= 4 is 11.8 Å². The molecule has 1 aliphatic heterocycles. The highest BCUT2D eigenvalue weighted by atomic mass is 16.6. The molecule has 2 heterocycles. The first-order chi connectivity index (χ1) is 8.93. The smallest absolute Gasteiger partial charge is 0.351 e. The Balaban J connectivity index is 2.38. The topological polar surface area (TPSA) is 148 Å². The van der Waals surface area contributed by atoms with E-state index in [1.54, 1.807) is 0 Å². The minimum Gasteiger partial charge on any atom is -0.478 e. The second kappa shape index (κ2) is 4.96. The van der Waals surface area contributed by atoms with Gasteiger partial charge in [-0.3, -0.25) is 4.57 Å². The van der Waals surface area contributed by atoms with Crippen molar-refractivity contribution in [3.63, 3.8) is 0 Å². The zero-order valence-corrected chi connectivity index (χ0v) is 9.76. The van der Waals surface area contributed by atoms with Crippen LogP contribution < -0.4 is 11.4 Å². The van der Waals surface area contributed by atoms with Crippen LogP contribution in [0.3, 0.4) is 0 Å². The normalized spacial score (nSPS) is 26.5. The minimum atomic E-state index is -1.32. The molecule has 0 aliphatic carbocycles. The number of carbonyl (C=O) groups is 1. The molecule has 0 spiro atoms. The van der Waals surface area contributed by atoms with Gasteiger partial charge in [-0.1, -0.05) is 0 Å². The summed E-state index contributed by atoms with van der Waals surface area (Å²) in [6.07, 6.45) is -1.57. The van der Waals surface area contributed by atoms with Crippen molar-refractivity contribution in [2.75, 3.05) is 12.3 Å². The van der Waals surface area contributed by atoms with Gasteiger partial charge in [-0.05, 0) is 0 Å². The average Bonchev–Trinajstić information content (AvgIpc) is 2.69. The predicted octanol–water partition coefficient (Wildman–Crippen LogP) is -1.84. The molecule has 0 saturated carbocycles. The lowest BCUT2D eigenvalue weighted by Gasteiger charge is -2.15. The first-order valence-electron chi connectivity index (χ1n) is 5.50. The fourth-order valence-electron chi connectivity index (χ4n) is 1.90. The van der Waals surface area contributed by atoms with Gasteiger partial charge in [0.2, 0.25) is 0 Å². The van der Waals surface area contributed by atoms with Crippen molar-refractivity contribution < 1.29 is 24.9 Å². The van der Waals surface area contributed by atoms with Gasteiger partial charge in [0.1, 0.15) is 23.7 Å². The molecule has 9 heteroatoms. The van der Waals surface area contributed by atoms with Gasteiger partial charge in [0.25, 0.3) is 0 Å². The van der Waals surface area contributed by atoms with Crippen molar-refractivity contribution in [1.82, 2.24) is 9.55 Å². The monoisotopic (exact) mass is 274 g/mol. The Labute approximate surface area is 106 Å². The van der Waals surface area contributed by atoms with E-state index in [2.05, 4.69) is 4.98 Å². The summed E-state index contributed by atoms with van der Waals surface area (Å²) in [6, 6.07) is 0. The van der Waals surface area contributed by atoms with Crippen molar-refractivity contribution in [2.24, 2.45) is 0 Å². The molecule has 0 aromatic carbocycles. The van der Waals surface area contributed by atoms with Crippen LogP contribution in [0.2, 0.25) is 0 Å². The van der Waals surface area contributed by atoms with E-state index in [0.717, 1.165) is 10.8 Å². The number of aliphatic hydroxyl groups excluding tert-OH is 2. The summed E-state index contributed by atoms with van der Waals surface area (Å²) in [5, 5.41) is 27.4. The molecule has 9 nitrogen and oxygen atoms in total. The number of nitrogens with two attached hydrogens (primary N) is 1. The number of aromatic carboxylic acids is 1. The predicted molar refractivity (Wildman–Crippen MR) is 61.5 cm³/mol. The summed E-state index contributed by atoms with van der Waals surface area (Å²) in [6.45, 7) is -0.402. The number of carboxylic acids is 1. The van der Waals surface area contributed by atoms with Crippen LogP contribution in [-0.2, 0) is 4.74 Å². The molecule has 3 atom stereocenters. The van der Waals surface area contributed by atoms with Crippen LogP contribution in [0, 0.1) is 0 Å². The molecule has 0 bridgehead atoms. The second-order valence-electron chi connectivity index (χ2n) is 4.15. The van der Waals surface area contributed by atoms with Crippen LogP contribution in [-0.4, -0.2) is 49.7 Å². The second-order valence-corrected chi connectivity index (χ2v) is 4.15. The van der Waals surface area contributed by atoms with Gasteiger partial charge in [-0.25, -0.2) is 9.59 Å². The Kier molecular flexibility index (Phi) is 3.51. The summed E-state index contributed by atoms with van der Waals surface area (Å²) in [5.74, 6) is -1.71. The standard InChI is InChI=1S/C10H13N3O6/c11-8-4(9(16)17)2-13(10(18)12-8)7-1-5(15)6(3-14)19-7/h2,5-7,14-15H,1,3H2,(H,16,17)(H2,11,12,18)/t5-,6+,7+/m0/s1/i10+1,12+1,13+1. The van der Waals surface area contributed by atoms with Crippen molar-refractivity contribution in [3.8, 4) is 0 Å². The molecule has 0 unspecified atom stereocenters. The molecule has 2 rings (SSSR count). The Morgan fingerprint density at radius 2 is 2.32 bits per heavy atom. The SMILES string of the molecule is Nc1[15n][13c](=O)[15n]([C@H]2C[C@H](O)[C@@H](CO)O2)cc1C(=O)O. The molecule has 1 fully saturated rings. The van der Waals surface area contributed by atoms with Crippen LogP contribution in [0.5, 0.6) is 0 Å². The largest absolute Gasteiger partial charge is 0.478 e. The third-order valence-electron chi connectivity index (χ3n) is 2.91. The number of anilines is 1. The third kappa shape index (κ3) is 2.43. The molecule has 1 aromatic rings. The van der Waals surface area contributed by atoms with Gasteiger partial charge in [-0.2, -0.15) is 4.98 Å². The molecule has 0 amide bonds. The fraction of sp³-hybridized carbons (Fsp3) is 0.500. The van der Waals surface area contributed by atoms with Crippen LogP contribution in [0.25, 0.3) is 0 Å². The lowest BCUT2D eigenvalue weighted by Crippen LogP contribution is -2.30. The highest BCUT2D eigenvalue weighted by Crippen LogP contribution is 2.27. The number of ether oxygens (including phenoxy) is 1. The molecule has 0 radical (unpaired) electrons. The Bertz CT molecular complexity index is 557. The summed E-state index contributed by atoms with van der Waals surface area (Å²) in [5.41, 5.74) is 4.23. The highest BCUT2D eigenvalue weighted by Gasteiger charge is 2.35. The Morgan fingerprint density at radius 3 is 2.84 bits per heavy atom. The number of hydrogen-bond donors (Lipinski definition) is 4. The highest BCUT2D eigenvalue weighted by molar-refractivity contribution is 5.92. The van der Waals surface area contributed by atoms with E-state index in [1.165, 1.54) is 0 Å². The third-order valence-corrected chi connectivity index (χ3v) is 2.91. The first kappa shape index (κ1) is 13.5. The molecule has 104 valence electrons. The van der Waals surface area contributed by atoms with Crippen LogP contribution in [0.1, 0.15) is 23.0 Å². The molecule has 19 heavy (non-hydrogen) atoms. The number of rotatable bonds is 3. The van der Waals surface area contributed by atoms with Gasteiger partial charge in [0.05, 0.1) is 12.7 Å².